The molecule has 2 heterocycles. The van der Waals surface area contributed by atoms with Crippen molar-refractivity contribution in [2.24, 2.45) is 23.0 Å². The molecular formula is C21H33N4O3+. The largest absolute Gasteiger partial charge is 0.370 e. The maximum absolute atomic E-state index is 13.7. The van der Waals surface area contributed by atoms with Gasteiger partial charge in [0.1, 0.15) is 5.82 Å². The Kier molecular flexibility index (Phi) is 6.93. The molecular weight excluding hydrogens is 356 g/mol. The first-order valence-electron chi connectivity index (χ1n) is 9.99. The second-order valence-corrected chi connectivity index (χ2v) is 8.94. The van der Waals surface area contributed by atoms with E-state index in [1.807, 2.05) is 27.7 Å². The Morgan fingerprint density at radius 3 is 2.50 bits per heavy atom. The van der Waals surface area contributed by atoms with E-state index in [1.165, 1.54) is 0 Å². The molecule has 1 aliphatic heterocycles. The number of rotatable bonds is 9. The lowest BCUT2D eigenvalue weighted by Crippen LogP contribution is -2.57. The van der Waals surface area contributed by atoms with Crippen molar-refractivity contribution in [3.63, 3.8) is 0 Å². The molecule has 0 bridgehead atoms. The van der Waals surface area contributed by atoms with Gasteiger partial charge in [-0.2, -0.15) is 0 Å². The molecule has 3 N–H and O–H groups in total. The Hall–Kier alpha value is -2.28. The Morgan fingerprint density at radius 2 is 1.96 bits per heavy atom. The van der Waals surface area contributed by atoms with Crippen molar-refractivity contribution < 1.29 is 18.9 Å². The Balaban J connectivity index is 2.29. The van der Waals surface area contributed by atoms with Gasteiger partial charge in [0.15, 0.2) is 6.54 Å². The summed E-state index contributed by atoms with van der Waals surface area (Å²) < 4.78 is 0.0658. The second kappa shape index (κ2) is 8.82. The topological polar surface area (TPSA) is 102 Å². The van der Waals surface area contributed by atoms with Crippen LogP contribution in [0.1, 0.15) is 47.0 Å². The lowest BCUT2D eigenvalue weighted by molar-refractivity contribution is -0.842. The van der Waals surface area contributed by atoms with Gasteiger partial charge in [0, 0.05) is 25.0 Å². The fraction of sp³-hybridized carbons (Fsp3) is 0.619. The zero-order chi connectivity index (χ0) is 20.9. The van der Waals surface area contributed by atoms with Gasteiger partial charge in [-0.1, -0.05) is 33.8 Å². The first kappa shape index (κ1) is 22.0. The number of anilines is 1. The molecule has 2 atom stereocenters. The molecule has 1 saturated heterocycles. The van der Waals surface area contributed by atoms with E-state index in [2.05, 4.69) is 10.3 Å². The summed E-state index contributed by atoms with van der Waals surface area (Å²) >= 11 is 0. The van der Waals surface area contributed by atoms with Crippen LogP contribution in [0.15, 0.2) is 24.4 Å². The van der Waals surface area contributed by atoms with E-state index in [4.69, 9.17) is 5.73 Å². The number of nitrogens with two attached hydrogens (primary N) is 1. The van der Waals surface area contributed by atoms with Crippen molar-refractivity contribution >= 4 is 23.5 Å². The van der Waals surface area contributed by atoms with Gasteiger partial charge in [-0.25, -0.2) is 9.78 Å². The van der Waals surface area contributed by atoms with E-state index < -0.39 is 11.3 Å². The number of carbonyl (C=O) groups excluding carboxylic acids is 3. The number of aromatic nitrogens is 1. The Labute approximate surface area is 167 Å². The molecule has 154 valence electrons. The maximum atomic E-state index is 13.7. The summed E-state index contributed by atoms with van der Waals surface area (Å²) in [5.41, 5.74) is 4.73. The van der Waals surface area contributed by atoms with Crippen molar-refractivity contribution in [3.05, 3.63) is 24.4 Å². The first-order chi connectivity index (χ1) is 13.1. The molecule has 1 fully saturated rings. The number of quaternary nitrogens is 1. The number of amides is 3. The first-order valence-corrected chi connectivity index (χ1v) is 9.99. The molecule has 7 nitrogen and oxygen atoms in total. The second-order valence-electron chi connectivity index (χ2n) is 8.94. The molecule has 0 radical (unpaired) electrons. The van der Waals surface area contributed by atoms with Crippen LogP contribution in [0.3, 0.4) is 0 Å². The van der Waals surface area contributed by atoms with Gasteiger partial charge in [-0.15, -0.1) is 0 Å². The summed E-state index contributed by atoms with van der Waals surface area (Å²) in [4.78, 5) is 42.3. The van der Waals surface area contributed by atoms with Crippen LogP contribution >= 0.6 is 0 Å². The van der Waals surface area contributed by atoms with Gasteiger partial charge in [0.25, 0.3) is 5.91 Å². The highest BCUT2D eigenvalue weighted by Gasteiger charge is 2.59. The molecule has 2 unspecified atom stereocenters. The number of nitrogens with zero attached hydrogens (tertiary/aromatic N) is 2. The zero-order valence-electron chi connectivity index (χ0n) is 17.4. The predicted molar refractivity (Wildman–Crippen MR) is 108 cm³/mol. The van der Waals surface area contributed by atoms with E-state index >= 15 is 0 Å². The van der Waals surface area contributed by atoms with Gasteiger partial charge in [-0.05, 0) is 24.5 Å². The highest BCUT2D eigenvalue weighted by Crippen LogP contribution is 2.45. The fourth-order valence-electron chi connectivity index (χ4n) is 4.66. The van der Waals surface area contributed by atoms with E-state index in [0.717, 1.165) is 0 Å². The minimum atomic E-state index is -0.778. The van der Waals surface area contributed by atoms with Crippen LogP contribution in [-0.4, -0.2) is 46.8 Å². The zero-order valence-corrected chi connectivity index (χ0v) is 17.4. The van der Waals surface area contributed by atoms with Crippen LogP contribution in [-0.2, 0) is 14.4 Å². The molecule has 7 heteroatoms. The van der Waals surface area contributed by atoms with Crippen LogP contribution in [0.2, 0.25) is 0 Å². The van der Waals surface area contributed by atoms with Gasteiger partial charge in [0.05, 0.1) is 18.5 Å². The van der Waals surface area contributed by atoms with Gasteiger partial charge < -0.3 is 11.1 Å². The average Bonchev–Trinajstić information content (AvgIpc) is 2.80. The van der Waals surface area contributed by atoms with Crippen LogP contribution in [0.4, 0.5) is 5.82 Å². The third kappa shape index (κ3) is 5.16. The summed E-state index contributed by atoms with van der Waals surface area (Å²) in [5, 5.41) is 2.79. The van der Waals surface area contributed by atoms with E-state index in [1.54, 1.807) is 24.4 Å². The van der Waals surface area contributed by atoms with Crippen LogP contribution in [0, 0.1) is 17.3 Å². The fourth-order valence-corrected chi connectivity index (χ4v) is 4.66. The van der Waals surface area contributed by atoms with E-state index in [-0.39, 0.29) is 41.1 Å². The van der Waals surface area contributed by atoms with Crippen LogP contribution in [0.5, 0.6) is 0 Å². The number of likely N-dealkylation sites (tertiary alicyclic amines) is 1. The lowest BCUT2D eigenvalue weighted by atomic mass is 9.75. The molecule has 28 heavy (non-hydrogen) atoms. The summed E-state index contributed by atoms with van der Waals surface area (Å²) in [6.07, 6.45) is 2.84. The number of nitrogens with one attached hydrogen (secondary N) is 1. The standard InChI is InChI=1S/C21H32N4O3/c1-15(2)11-21(12-17(22)26)8-10-25(20(21)28,13-16(3)4)14-19(27)24-18-7-5-6-9-23-18/h5-7,9,15-16H,8,10-14H2,1-4H3,(H2-,22,23,24,26,27)/p+1. The summed E-state index contributed by atoms with van der Waals surface area (Å²) in [7, 11) is 0. The van der Waals surface area contributed by atoms with Gasteiger partial charge >= 0.3 is 5.91 Å². The number of hydrogen-bond donors (Lipinski definition) is 2. The molecule has 0 saturated carbocycles. The summed E-state index contributed by atoms with van der Waals surface area (Å²) in [6.45, 7) is 9.32. The molecule has 0 spiro atoms. The molecule has 1 aromatic heterocycles. The van der Waals surface area contributed by atoms with Crippen molar-refractivity contribution in [1.82, 2.24) is 4.98 Å². The smallest absolute Gasteiger partial charge is 0.321 e. The molecule has 3 amide bonds. The summed E-state index contributed by atoms with van der Waals surface area (Å²) in [5.74, 6) is 0.223. The minimum Gasteiger partial charge on any atom is -0.370 e. The number of pyridine rings is 1. The highest BCUT2D eigenvalue weighted by atomic mass is 16.2. The quantitative estimate of drug-likeness (QED) is 0.633. The van der Waals surface area contributed by atoms with Crippen molar-refractivity contribution in [1.29, 1.82) is 0 Å². The van der Waals surface area contributed by atoms with Crippen LogP contribution < -0.4 is 11.1 Å². The minimum absolute atomic E-state index is 0.0233. The lowest BCUT2D eigenvalue weighted by Gasteiger charge is -2.35. The van der Waals surface area contributed by atoms with Crippen molar-refractivity contribution in [3.8, 4) is 0 Å². The van der Waals surface area contributed by atoms with Crippen molar-refractivity contribution in [2.45, 2.75) is 47.0 Å². The van der Waals surface area contributed by atoms with E-state index in [9.17, 15) is 14.4 Å². The monoisotopic (exact) mass is 389 g/mol. The third-order valence-corrected chi connectivity index (χ3v) is 5.31. The SMILES string of the molecule is CC(C)CC1(CC(N)=O)CC[N+](CC(=O)Nc2ccccn2)(CC(C)C)C1=O. The molecule has 0 aliphatic carbocycles. The normalized spacial score (nSPS) is 24.7. The number of carbonyl (C=O) groups is 3. The highest BCUT2D eigenvalue weighted by molar-refractivity contribution is 5.93. The Bertz CT molecular complexity index is 720. The molecule has 0 aromatic carbocycles. The predicted octanol–water partition coefficient (Wildman–Crippen LogP) is 2.33. The van der Waals surface area contributed by atoms with E-state index in [0.29, 0.717) is 31.7 Å². The Morgan fingerprint density at radius 1 is 1.25 bits per heavy atom. The maximum Gasteiger partial charge on any atom is 0.321 e. The molecule has 2 rings (SSSR count). The van der Waals surface area contributed by atoms with Gasteiger partial charge in [-0.3, -0.25) is 14.1 Å². The number of hydrogen-bond acceptors (Lipinski definition) is 4. The summed E-state index contributed by atoms with van der Waals surface area (Å²) in [6, 6.07) is 5.28. The average molecular weight is 390 g/mol. The molecule has 1 aromatic rings. The van der Waals surface area contributed by atoms with Gasteiger partial charge in [0.2, 0.25) is 5.91 Å². The molecule has 1 aliphatic rings. The number of primary amides is 1. The third-order valence-electron chi connectivity index (χ3n) is 5.31. The van der Waals surface area contributed by atoms with Crippen molar-refractivity contribution in [2.75, 3.05) is 25.0 Å². The van der Waals surface area contributed by atoms with Crippen LogP contribution in [0.25, 0.3) is 0 Å².